The zero-order valence-electron chi connectivity index (χ0n) is 12.2. The van der Waals surface area contributed by atoms with E-state index in [-0.39, 0.29) is 5.91 Å². The van der Waals surface area contributed by atoms with Crippen molar-refractivity contribution in [2.45, 2.75) is 39.3 Å². The summed E-state index contributed by atoms with van der Waals surface area (Å²) in [6, 6.07) is 2.62. The molecule has 0 radical (unpaired) electrons. The highest BCUT2D eigenvalue weighted by molar-refractivity contribution is 7.14. The van der Waals surface area contributed by atoms with Crippen LogP contribution in [0.3, 0.4) is 0 Å². The zero-order chi connectivity index (χ0) is 14.5. The summed E-state index contributed by atoms with van der Waals surface area (Å²) < 4.78 is 0. The molecule has 0 bridgehead atoms. The Morgan fingerprint density at radius 2 is 2.25 bits per heavy atom. The molecule has 0 saturated carbocycles. The minimum absolute atomic E-state index is 0.200. The van der Waals surface area contributed by atoms with Gasteiger partial charge in [-0.2, -0.15) is 0 Å². The highest BCUT2D eigenvalue weighted by Crippen LogP contribution is 2.24. The molecular weight excluding hydrogens is 272 g/mol. The fourth-order valence-electron chi connectivity index (χ4n) is 2.75. The first-order chi connectivity index (χ1) is 9.65. The van der Waals surface area contributed by atoms with Gasteiger partial charge in [-0.15, -0.1) is 11.3 Å². The number of aryl methyl sites for hydroxylation is 1. The molecule has 1 aromatic rings. The number of nitrogens with one attached hydrogen (secondary N) is 2. The maximum Gasteiger partial charge on any atom is 0.275 e. The Kier molecular flexibility index (Phi) is 5.54. The Morgan fingerprint density at radius 1 is 1.55 bits per heavy atom. The molecule has 0 spiro atoms. The molecule has 2 heterocycles. The van der Waals surface area contributed by atoms with Gasteiger partial charge in [0, 0.05) is 17.5 Å². The summed E-state index contributed by atoms with van der Waals surface area (Å²) in [5.41, 5.74) is 3.45. The van der Waals surface area contributed by atoms with Gasteiger partial charge in [0.1, 0.15) is 0 Å². The van der Waals surface area contributed by atoms with E-state index < -0.39 is 0 Å². The maximum absolute atomic E-state index is 11.6. The highest BCUT2D eigenvalue weighted by Gasteiger charge is 2.21. The number of rotatable bonds is 5. The fraction of sp³-hybridized carbons (Fsp3) is 0.643. The molecule has 0 atom stereocenters. The molecule has 1 amide bonds. The quantitative estimate of drug-likeness (QED) is 0.434. The summed E-state index contributed by atoms with van der Waals surface area (Å²) in [4.78, 5) is 16.0. The van der Waals surface area contributed by atoms with Crippen LogP contribution in [-0.4, -0.2) is 36.5 Å². The molecule has 6 heteroatoms. The van der Waals surface area contributed by atoms with E-state index in [1.807, 2.05) is 6.07 Å². The van der Waals surface area contributed by atoms with Gasteiger partial charge in [-0.25, -0.2) is 5.84 Å². The Hall–Kier alpha value is -0.950. The smallest absolute Gasteiger partial charge is 0.275 e. The molecule has 1 fully saturated rings. The van der Waals surface area contributed by atoms with E-state index in [0.29, 0.717) is 10.9 Å². The van der Waals surface area contributed by atoms with E-state index in [9.17, 15) is 4.79 Å². The lowest BCUT2D eigenvalue weighted by molar-refractivity contribution is 0.0957. The number of hydrogen-bond acceptors (Lipinski definition) is 5. The monoisotopic (exact) mass is 296 g/mol. The molecule has 0 aromatic carbocycles. The second-order valence-electron chi connectivity index (χ2n) is 5.21. The lowest BCUT2D eigenvalue weighted by Gasteiger charge is -2.33. The van der Waals surface area contributed by atoms with E-state index in [2.05, 4.69) is 29.5 Å². The van der Waals surface area contributed by atoms with Gasteiger partial charge in [-0.1, -0.05) is 6.92 Å². The van der Waals surface area contributed by atoms with Crippen molar-refractivity contribution in [3.8, 4) is 0 Å². The highest BCUT2D eigenvalue weighted by atomic mass is 32.1. The first kappa shape index (κ1) is 15.4. The fourth-order valence-corrected chi connectivity index (χ4v) is 3.69. The SMILES string of the molecule is CCN(Cc1cc(C(=O)NN)sc1C)C1CCNCC1. The third-order valence-corrected chi connectivity index (χ3v) is 5.07. The second-order valence-corrected chi connectivity index (χ2v) is 6.47. The van der Waals surface area contributed by atoms with Gasteiger partial charge in [0.25, 0.3) is 5.91 Å². The zero-order valence-corrected chi connectivity index (χ0v) is 13.1. The minimum Gasteiger partial charge on any atom is -0.317 e. The molecule has 4 N–H and O–H groups in total. The molecule has 2 rings (SSSR count). The van der Waals surface area contributed by atoms with Gasteiger partial charge >= 0.3 is 0 Å². The van der Waals surface area contributed by atoms with Gasteiger partial charge in [0.15, 0.2) is 0 Å². The van der Waals surface area contributed by atoms with Crippen LogP contribution in [0.25, 0.3) is 0 Å². The number of nitrogens with zero attached hydrogens (tertiary/aromatic N) is 1. The third kappa shape index (κ3) is 3.58. The largest absolute Gasteiger partial charge is 0.317 e. The third-order valence-electron chi connectivity index (χ3n) is 3.98. The van der Waals surface area contributed by atoms with Crippen molar-refractivity contribution in [2.24, 2.45) is 5.84 Å². The van der Waals surface area contributed by atoms with E-state index >= 15 is 0 Å². The van der Waals surface area contributed by atoms with E-state index in [0.717, 1.165) is 26.2 Å². The summed E-state index contributed by atoms with van der Waals surface area (Å²) >= 11 is 1.52. The number of carbonyl (C=O) groups is 1. The second kappa shape index (κ2) is 7.17. The minimum atomic E-state index is -0.200. The van der Waals surface area contributed by atoms with Crippen LogP contribution in [0.1, 0.15) is 39.9 Å². The number of carbonyl (C=O) groups excluding carboxylic acids is 1. The Morgan fingerprint density at radius 3 is 2.85 bits per heavy atom. The van der Waals surface area contributed by atoms with Crippen molar-refractivity contribution < 1.29 is 4.79 Å². The van der Waals surface area contributed by atoms with Crippen molar-refractivity contribution in [3.63, 3.8) is 0 Å². The molecular formula is C14H24N4OS. The molecule has 1 saturated heterocycles. The molecule has 0 unspecified atom stereocenters. The number of nitrogen functional groups attached to an aromatic ring is 1. The van der Waals surface area contributed by atoms with Gasteiger partial charge in [-0.05, 0) is 51.0 Å². The van der Waals surface area contributed by atoms with Gasteiger partial charge in [-0.3, -0.25) is 15.1 Å². The first-order valence-electron chi connectivity index (χ1n) is 7.20. The molecule has 112 valence electrons. The standard InChI is InChI=1S/C14H24N4OS/c1-3-18(12-4-6-16-7-5-12)9-11-8-13(14(19)17-15)20-10(11)2/h8,12,16H,3-7,9,15H2,1-2H3,(H,17,19). The average molecular weight is 296 g/mol. The van der Waals surface area contributed by atoms with Crippen molar-refractivity contribution >= 4 is 17.2 Å². The van der Waals surface area contributed by atoms with Crippen molar-refractivity contribution in [2.75, 3.05) is 19.6 Å². The number of hydrazine groups is 1. The van der Waals surface area contributed by atoms with E-state index in [1.54, 1.807) is 0 Å². The molecule has 0 aliphatic carbocycles. The van der Waals surface area contributed by atoms with Crippen molar-refractivity contribution in [1.29, 1.82) is 0 Å². The lowest BCUT2D eigenvalue weighted by Crippen LogP contribution is -2.42. The van der Waals surface area contributed by atoms with Crippen molar-refractivity contribution in [3.05, 3.63) is 21.4 Å². The maximum atomic E-state index is 11.6. The summed E-state index contributed by atoms with van der Waals surface area (Å²) in [6.45, 7) is 8.44. The van der Waals surface area contributed by atoms with Gasteiger partial charge in [0.2, 0.25) is 0 Å². The first-order valence-corrected chi connectivity index (χ1v) is 8.02. The average Bonchev–Trinajstić information content (AvgIpc) is 2.86. The van der Waals surface area contributed by atoms with Crippen LogP contribution in [0.4, 0.5) is 0 Å². The Balaban J connectivity index is 2.06. The Bertz CT molecular complexity index is 454. The van der Waals surface area contributed by atoms with Crippen LogP contribution in [-0.2, 0) is 6.54 Å². The Labute approximate surface area is 124 Å². The van der Waals surface area contributed by atoms with Crippen molar-refractivity contribution in [1.82, 2.24) is 15.6 Å². The molecule has 20 heavy (non-hydrogen) atoms. The molecule has 1 aliphatic rings. The number of hydrogen-bond donors (Lipinski definition) is 3. The van der Waals surface area contributed by atoms with E-state index in [4.69, 9.17) is 5.84 Å². The summed E-state index contributed by atoms with van der Waals surface area (Å²) in [6.07, 6.45) is 2.40. The topological polar surface area (TPSA) is 70.4 Å². The lowest BCUT2D eigenvalue weighted by atomic mass is 10.0. The van der Waals surface area contributed by atoms with Crippen LogP contribution < -0.4 is 16.6 Å². The number of piperidine rings is 1. The summed E-state index contributed by atoms with van der Waals surface area (Å²) in [5.74, 6) is 5.00. The number of thiophene rings is 1. The van der Waals surface area contributed by atoms with E-state index in [1.165, 1.54) is 34.6 Å². The number of amides is 1. The van der Waals surface area contributed by atoms with Crippen LogP contribution in [0, 0.1) is 6.92 Å². The van der Waals surface area contributed by atoms with Crippen LogP contribution >= 0.6 is 11.3 Å². The summed E-state index contributed by atoms with van der Waals surface area (Å²) in [7, 11) is 0. The predicted molar refractivity (Wildman–Crippen MR) is 82.7 cm³/mol. The van der Waals surface area contributed by atoms with Crippen LogP contribution in [0.15, 0.2) is 6.07 Å². The predicted octanol–water partition coefficient (Wildman–Crippen LogP) is 1.23. The summed E-state index contributed by atoms with van der Waals surface area (Å²) in [5, 5.41) is 3.40. The van der Waals surface area contributed by atoms with Crippen LogP contribution in [0.5, 0.6) is 0 Å². The normalized spacial score (nSPS) is 16.6. The van der Waals surface area contributed by atoms with Crippen LogP contribution in [0.2, 0.25) is 0 Å². The molecule has 1 aliphatic heterocycles. The molecule has 5 nitrogen and oxygen atoms in total. The van der Waals surface area contributed by atoms with Gasteiger partial charge < -0.3 is 5.32 Å². The van der Waals surface area contributed by atoms with Gasteiger partial charge in [0.05, 0.1) is 4.88 Å². The molecule has 1 aromatic heterocycles. The number of nitrogens with two attached hydrogens (primary N) is 1.